The van der Waals surface area contributed by atoms with Gasteiger partial charge in [-0.1, -0.05) is 26.0 Å². The molecule has 0 saturated heterocycles. The Morgan fingerprint density at radius 1 is 1.31 bits per heavy atom. The highest BCUT2D eigenvalue weighted by atomic mass is 14.7. The molecule has 0 atom stereocenters. The van der Waals surface area contributed by atoms with Gasteiger partial charge in [-0.15, -0.1) is 0 Å². The highest BCUT2D eigenvalue weighted by Crippen LogP contribution is 2.18. The first kappa shape index (κ1) is 9.97. The van der Waals surface area contributed by atoms with Crippen molar-refractivity contribution in [1.82, 2.24) is 4.98 Å². The summed E-state index contributed by atoms with van der Waals surface area (Å²) in [6.07, 6.45) is 8.72. The molecule has 1 heterocycles. The van der Waals surface area contributed by atoms with Crippen molar-refractivity contribution in [2.45, 2.75) is 33.6 Å². The van der Waals surface area contributed by atoms with Crippen LogP contribution >= 0.6 is 0 Å². The molecule has 0 amide bonds. The Kier molecular flexibility index (Phi) is 3.69. The van der Waals surface area contributed by atoms with E-state index in [0.29, 0.717) is 0 Å². The topological polar surface area (TPSA) is 12.9 Å². The number of aromatic nitrogens is 1. The Hall–Kier alpha value is -1.11. The highest BCUT2D eigenvalue weighted by Gasteiger charge is 2.03. The van der Waals surface area contributed by atoms with Crippen LogP contribution in [0.1, 0.15) is 37.1 Å². The summed E-state index contributed by atoms with van der Waals surface area (Å²) in [5.74, 6) is 0. The minimum absolute atomic E-state index is 1.11. The van der Waals surface area contributed by atoms with Crippen molar-refractivity contribution < 1.29 is 0 Å². The Balaban J connectivity index is 0.000000396. The van der Waals surface area contributed by atoms with Crippen molar-refractivity contribution in [1.29, 1.82) is 0 Å². The van der Waals surface area contributed by atoms with Crippen molar-refractivity contribution in [3.05, 3.63) is 35.2 Å². The molecule has 1 heteroatoms. The molecule has 0 fully saturated rings. The van der Waals surface area contributed by atoms with Crippen LogP contribution < -0.4 is 0 Å². The van der Waals surface area contributed by atoms with E-state index >= 15 is 0 Å². The van der Waals surface area contributed by atoms with E-state index in [9.17, 15) is 0 Å². The van der Waals surface area contributed by atoms with Crippen molar-refractivity contribution >= 4 is 6.08 Å². The number of pyridine rings is 1. The maximum absolute atomic E-state index is 4.26. The van der Waals surface area contributed by atoms with Gasteiger partial charge in [0.15, 0.2) is 0 Å². The normalized spacial score (nSPS) is 12.8. The summed E-state index contributed by atoms with van der Waals surface area (Å²) in [6.45, 7) is 6.03. The molecule has 1 aromatic heterocycles. The molecule has 70 valence electrons. The van der Waals surface area contributed by atoms with Gasteiger partial charge in [-0.05, 0) is 37.0 Å². The average Bonchev–Trinajstić information content (AvgIpc) is 2.21. The molecule has 1 aliphatic rings. The molecule has 13 heavy (non-hydrogen) atoms. The minimum Gasteiger partial charge on any atom is -0.261 e. The van der Waals surface area contributed by atoms with E-state index in [0.717, 1.165) is 18.5 Å². The van der Waals surface area contributed by atoms with Gasteiger partial charge in [0.05, 0.1) is 0 Å². The molecule has 0 spiro atoms. The summed E-state index contributed by atoms with van der Waals surface area (Å²) in [6, 6.07) is 2.14. The number of nitrogens with zero attached hydrogens (tertiary/aromatic N) is 1. The Morgan fingerprint density at radius 3 is 2.85 bits per heavy atom. The van der Waals surface area contributed by atoms with Crippen molar-refractivity contribution in [2.75, 3.05) is 0 Å². The second-order valence-electron chi connectivity index (χ2n) is 2.97. The van der Waals surface area contributed by atoms with Gasteiger partial charge in [-0.3, -0.25) is 4.98 Å². The van der Waals surface area contributed by atoms with Crippen LogP contribution in [0, 0.1) is 6.92 Å². The Bertz CT molecular complexity index is 300. The summed E-state index contributed by atoms with van der Waals surface area (Å²) in [4.78, 5) is 4.26. The number of hydrogen-bond donors (Lipinski definition) is 0. The maximum Gasteiger partial charge on any atom is 0.0378 e. The predicted octanol–water partition coefficient (Wildman–Crippen LogP) is 3.38. The number of rotatable bonds is 0. The van der Waals surface area contributed by atoms with Gasteiger partial charge < -0.3 is 0 Å². The number of allylic oxidation sites excluding steroid dienone is 1. The molecule has 1 nitrogen and oxygen atoms in total. The zero-order chi connectivity index (χ0) is 9.68. The monoisotopic (exact) mass is 175 g/mol. The SMILES string of the molecule is CC.Cc1cc2c(cn1)CCC=C2. The van der Waals surface area contributed by atoms with Crippen LogP contribution in [0.4, 0.5) is 0 Å². The third-order valence-corrected chi connectivity index (χ3v) is 2.04. The second kappa shape index (κ2) is 4.80. The summed E-state index contributed by atoms with van der Waals surface area (Å²) in [7, 11) is 0. The van der Waals surface area contributed by atoms with Crippen LogP contribution in [-0.4, -0.2) is 4.98 Å². The first-order valence-electron chi connectivity index (χ1n) is 4.98. The first-order valence-corrected chi connectivity index (χ1v) is 4.98. The summed E-state index contributed by atoms with van der Waals surface area (Å²) in [5.41, 5.74) is 3.84. The van der Waals surface area contributed by atoms with Crippen LogP contribution in [0.25, 0.3) is 6.08 Å². The summed E-state index contributed by atoms with van der Waals surface area (Å²) in [5, 5.41) is 0. The molecule has 0 radical (unpaired) electrons. The van der Waals surface area contributed by atoms with Gasteiger partial charge in [-0.2, -0.15) is 0 Å². The fourth-order valence-electron chi connectivity index (χ4n) is 1.42. The predicted molar refractivity (Wildman–Crippen MR) is 57.7 cm³/mol. The largest absolute Gasteiger partial charge is 0.261 e. The Labute approximate surface area is 80.5 Å². The second-order valence-corrected chi connectivity index (χ2v) is 2.97. The van der Waals surface area contributed by atoms with Crippen LogP contribution in [0.3, 0.4) is 0 Å². The van der Waals surface area contributed by atoms with E-state index in [2.05, 4.69) is 23.2 Å². The summed E-state index contributed by atoms with van der Waals surface area (Å²) < 4.78 is 0. The maximum atomic E-state index is 4.26. The van der Waals surface area contributed by atoms with Crippen LogP contribution in [-0.2, 0) is 6.42 Å². The lowest BCUT2D eigenvalue weighted by Crippen LogP contribution is -1.95. The van der Waals surface area contributed by atoms with E-state index in [1.54, 1.807) is 0 Å². The molecule has 0 bridgehead atoms. The molecule has 0 saturated carbocycles. The van der Waals surface area contributed by atoms with Gasteiger partial charge in [0, 0.05) is 11.9 Å². The molecular weight excluding hydrogens is 158 g/mol. The zero-order valence-electron chi connectivity index (χ0n) is 8.67. The van der Waals surface area contributed by atoms with Gasteiger partial charge >= 0.3 is 0 Å². The third-order valence-electron chi connectivity index (χ3n) is 2.04. The zero-order valence-corrected chi connectivity index (χ0v) is 8.67. The van der Waals surface area contributed by atoms with Gasteiger partial charge in [0.25, 0.3) is 0 Å². The van der Waals surface area contributed by atoms with Crippen molar-refractivity contribution in [3.63, 3.8) is 0 Å². The molecule has 1 aromatic rings. The molecule has 1 aliphatic carbocycles. The average molecular weight is 175 g/mol. The minimum atomic E-state index is 1.11. The number of fused-ring (bicyclic) bond motifs is 1. The van der Waals surface area contributed by atoms with Gasteiger partial charge in [0.1, 0.15) is 0 Å². The molecule has 0 aromatic carbocycles. The summed E-state index contributed by atoms with van der Waals surface area (Å²) >= 11 is 0. The first-order chi connectivity index (χ1) is 6.36. The quantitative estimate of drug-likeness (QED) is 0.589. The van der Waals surface area contributed by atoms with Crippen molar-refractivity contribution in [2.24, 2.45) is 0 Å². The fraction of sp³-hybridized carbons (Fsp3) is 0.417. The fourth-order valence-corrected chi connectivity index (χ4v) is 1.42. The van der Waals surface area contributed by atoms with Crippen LogP contribution in [0.5, 0.6) is 0 Å². The van der Waals surface area contributed by atoms with E-state index in [1.807, 2.05) is 27.0 Å². The molecule has 2 rings (SSSR count). The standard InChI is InChI=1S/C10H11N.C2H6/c1-8-6-9-4-2-3-5-10(9)7-11-8;1-2/h2,4,6-7H,3,5H2,1H3;1-2H3. The molecule has 0 aliphatic heterocycles. The number of aryl methyl sites for hydroxylation is 2. The third kappa shape index (κ3) is 2.41. The van der Waals surface area contributed by atoms with Crippen LogP contribution in [0.15, 0.2) is 18.3 Å². The molecule has 0 unspecified atom stereocenters. The van der Waals surface area contributed by atoms with Gasteiger partial charge in [-0.25, -0.2) is 0 Å². The molecule has 0 N–H and O–H groups in total. The van der Waals surface area contributed by atoms with E-state index in [4.69, 9.17) is 0 Å². The van der Waals surface area contributed by atoms with E-state index in [1.165, 1.54) is 11.1 Å². The lowest BCUT2D eigenvalue weighted by Gasteiger charge is -2.09. The van der Waals surface area contributed by atoms with Crippen molar-refractivity contribution in [3.8, 4) is 0 Å². The van der Waals surface area contributed by atoms with E-state index in [-0.39, 0.29) is 0 Å². The smallest absolute Gasteiger partial charge is 0.0378 e. The highest BCUT2D eigenvalue weighted by molar-refractivity contribution is 5.55. The van der Waals surface area contributed by atoms with Crippen LogP contribution in [0.2, 0.25) is 0 Å². The number of hydrogen-bond acceptors (Lipinski definition) is 1. The Morgan fingerprint density at radius 2 is 2.08 bits per heavy atom. The van der Waals surface area contributed by atoms with Gasteiger partial charge in [0.2, 0.25) is 0 Å². The lowest BCUT2D eigenvalue weighted by molar-refractivity contribution is 0.963. The van der Waals surface area contributed by atoms with E-state index < -0.39 is 0 Å². The molecular formula is C12H17N. The lowest BCUT2D eigenvalue weighted by atomic mass is 9.99.